The van der Waals surface area contributed by atoms with Crippen molar-refractivity contribution in [2.45, 2.75) is 39.1 Å². The first-order valence-electron chi connectivity index (χ1n) is 7.57. The predicted molar refractivity (Wildman–Crippen MR) is 83.1 cm³/mol. The summed E-state index contributed by atoms with van der Waals surface area (Å²) in [6.45, 7) is 4.66. The minimum Gasteiger partial charge on any atom is -0.497 e. The molecule has 7 heteroatoms. The highest BCUT2D eigenvalue weighted by molar-refractivity contribution is 5.93. The molecule has 1 amide bonds. The summed E-state index contributed by atoms with van der Waals surface area (Å²) in [5.41, 5.74) is 2.10. The average Bonchev–Trinajstić information content (AvgIpc) is 2.97. The largest absolute Gasteiger partial charge is 0.497 e. The molecule has 0 unspecified atom stereocenters. The third-order valence-electron chi connectivity index (χ3n) is 3.72. The van der Waals surface area contributed by atoms with Gasteiger partial charge in [0.1, 0.15) is 11.9 Å². The molecule has 122 valence electrons. The molecule has 0 radical (unpaired) electrons. The molecule has 0 saturated heterocycles. The molecule has 1 aromatic heterocycles. The fraction of sp³-hybridized carbons (Fsp3) is 0.438. The lowest BCUT2D eigenvalue weighted by Gasteiger charge is -2.24. The van der Waals surface area contributed by atoms with Gasteiger partial charge in [-0.25, -0.2) is 4.68 Å². The van der Waals surface area contributed by atoms with E-state index in [4.69, 9.17) is 9.47 Å². The van der Waals surface area contributed by atoms with Gasteiger partial charge in [-0.3, -0.25) is 4.79 Å². The van der Waals surface area contributed by atoms with Crippen LogP contribution in [-0.4, -0.2) is 34.1 Å². The minimum absolute atomic E-state index is 0.0522. The molecule has 7 nitrogen and oxygen atoms in total. The van der Waals surface area contributed by atoms with Gasteiger partial charge in [0.2, 0.25) is 0 Å². The van der Waals surface area contributed by atoms with Gasteiger partial charge in [0.15, 0.2) is 5.69 Å². The number of fused-ring (bicyclic) bond motifs is 1. The Kier molecular flexibility index (Phi) is 4.29. The molecule has 2 heterocycles. The SMILES string of the molecule is COc1ccc([C@H]2Cn3nnc(C(=O)NC(C)C)c3CO2)cc1. The number of benzene rings is 1. The number of hydrogen-bond acceptors (Lipinski definition) is 5. The van der Waals surface area contributed by atoms with Crippen molar-refractivity contribution >= 4 is 5.91 Å². The highest BCUT2D eigenvalue weighted by Crippen LogP contribution is 2.28. The van der Waals surface area contributed by atoms with E-state index in [-0.39, 0.29) is 18.1 Å². The van der Waals surface area contributed by atoms with Gasteiger partial charge < -0.3 is 14.8 Å². The zero-order valence-corrected chi connectivity index (χ0v) is 13.4. The predicted octanol–water partition coefficient (Wildman–Crippen LogP) is 1.70. The molecule has 0 fully saturated rings. The van der Waals surface area contributed by atoms with E-state index in [1.54, 1.807) is 11.8 Å². The second kappa shape index (κ2) is 6.37. The third-order valence-corrected chi connectivity index (χ3v) is 3.72. The number of rotatable bonds is 4. The molecule has 1 atom stereocenters. The smallest absolute Gasteiger partial charge is 0.274 e. The molecule has 0 spiro atoms. The van der Waals surface area contributed by atoms with Gasteiger partial charge in [-0.2, -0.15) is 0 Å². The van der Waals surface area contributed by atoms with Crippen LogP contribution in [0.3, 0.4) is 0 Å². The van der Waals surface area contributed by atoms with Gasteiger partial charge in [0, 0.05) is 6.04 Å². The summed E-state index contributed by atoms with van der Waals surface area (Å²) in [5.74, 6) is 0.589. The molecule has 3 rings (SSSR count). The Morgan fingerprint density at radius 1 is 1.39 bits per heavy atom. The molecule has 1 N–H and O–H groups in total. The molecule has 0 saturated carbocycles. The molecule has 23 heavy (non-hydrogen) atoms. The maximum Gasteiger partial charge on any atom is 0.274 e. The van der Waals surface area contributed by atoms with E-state index in [2.05, 4.69) is 15.6 Å². The van der Waals surface area contributed by atoms with E-state index < -0.39 is 0 Å². The van der Waals surface area contributed by atoms with E-state index in [1.807, 2.05) is 38.1 Å². The fourth-order valence-electron chi connectivity index (χ4n) is 2.54. The van der Waals surface area contributed by atoms with Gasteiger partial charge in [0.05, 0.1) is 26.0 Å². The molecule has 1 aromatic carbocycles. The van der Waals surface area contributed by atoms with E-state index >= 15 is 0 Å². The second-order valence-electron chi connectivity index (χ2n) is 5.77. The first kappa shape index (κ1) is 15.5. The zero-order valence-electron chi connectivity index (χ0n) is 13.4. The van der Waals surface area contributed by atoms with E-state index in [9.17, 15) is 4.79 Å². The summed E-state index contributed by atoms with van der Waals surface area (Å²) in [6, 6.07) is 7.79. The summed E-state index contributed by atoms with van der Waals surface area (Å²) in [6.07, 6.45) is -0.115. The zero-order chi connectivity index (χ0) is 16.4. The van der Waals surface area contributed by atoms with Crippen LogP contribution in [0.15, 0.2) is 24.3 Å². The summed E-state index contributed by atoms with van der Waals surface area (Å²) < 4.78 is 12.8. The topological polar surface area (TPSA) is 78.3 Å². The maximum absolute atomic E-state index is 12.1. The highest BCUT2D eigenvalue weighted by Gasteiger charge is 2.27. The first-order chi connectivity index (χ1) is 11.1. The van der Waals surface area contributed by atoms with Gasteiger partial charge in [-0.1, -0.05) is 17.3 Å². The van der Waals surface area contributed by atoms with E-state index in [0.29, 0.717) is 24.5 Å². The minimum atomic E-state index is -0.215. The van der Waals surface area contributed by atoms with Crippen LogP contribution in [0.25, 0.3) is 0 Å². The van der Waals surface area contributed by atoms with Crippen LogP contribution < -0.4 is 10.1 Å². The molecule has 1 aliphatic heterocycles. The Morgan fingerprint density at radius 3 is 2.78 bits per heavy atom. The Hall–Kier alpha value is -2.41. The molecular weight excluding hydrogens is 296 g/mol. The van der Waals surface area contributed by atoms with Crippen LogP contribution in [0.5, 0.6) is 5.75 Å². The monoisotopic (exact) mass is 316 g/mol. The quantitative estimate of drug-likeness (QED) is 0.929. The van der Waals surface area contributed by atoms with Crippen molar-refractivity contribution in [1.29, 1.82) is 0 Å². The van der Waals surface area contributed by atoms with Crippen molar-refractivity contribution in [2.24, 2.45) is 0 Å². The molecule has 0 bridgehead atoms. The number of hydrogen-bond donors (Lipinski definition) is 1. The number of carbonyl (C=O) groups is 1. The standard InChI is InChI=1S/C16H20N4O3/c1-10(2)17-16(21)15-13-9-23-14(8-20(13)19-18-15)11-4-6-12(22-3)7-5-11/h4-7,10,14H,8-9H2,1-3H3,(H,17,21)/t14-/m1/s1. The number of carbonyl (C=O) groups excluding carboxylic acids is 1. The Balaban J connectivity index is 1.76. The van der Waals surface area contributed by atoms with Crippen molar-refractivity contribution < 1.29 is 14.3 Å². The highest BCUT2D eigenvalue weighted by atomic mass is 16.5. The number of ether oxygens (including phenoxy) is 2. The van der Waals surface area contributed by atoms with Crippen LogP contribution in [0.1, 0.15) is 41.7 Å². The van der Waals surface area contributed by atoms with Gasteiger partial charge in [-0.15, -0.1) is 5.10 Å². The fourth-order valence-corrected chi connectivity index (χ4v) is 2.54. The van der Waals surface area contributed by atoms with Crippen molar-refractivity contribution in [3.63, 3.8) is 0 Å². The summed E-state index contributed by atoms with van der Waals surface area (Å²) >= 11 is 0. The van der Waals surface area contributed by atoms with E-state index in [1.165, 1.54) is 0 Å². The molecule has 1 aliphatic rings. The molecule has 0 aliphatic carbocycles. The average molecular weight is 316 g/mol. The van der Waals surface area contributed by atoms with Crippen molar-refractivity contribution in [3.05, 3.63) is 41.2 Å². The lowest BCUT2D eigenvalue weighted by atomic mass is 10.1. The number of methoxy groups -OCH3 is 1. The maximum atomic E-state index is 12.1. The van der Waals surface area contributed by atoms with Crippen molar-refractivity contribution in [3.8, 4) is 5.75 Å². The molecular formula is C16H20N4O3. The summed E-state index contributed by atoms with van der Waals surface area (Å²) in [5, 5.41) is 10.9. The third kappa shape index (κ3) is 3.19. The van der Waals surface area contributed by atoms with Crippen LogP contribution in [0.4, 0.5) is 0 Å². The number of aromatic nitrogens is 3. The number of nitrogens with zero attached hydrogens (tertiary/aromatic N) is 3. The summed E-state index contributed by atoms with van der Waals surface area (Å²) in [7, 11) is 1.64. The van der Waals surface area contributed by atoms with Crippen molar-refractivity contribution in [1.82, 2.24) is 20.3 Å². The van der Waals surface area contributed by atoms with Gasteiger partial charge >= 0.3 is 0 Å². The lowest BCUT2D eigenvalue weighted by Crippen LogP contribution is -2.32. The Morgan fingerprint density at radius 2 is 2.13 bits per heavy atom. The molecule has 2 aromatic rings. The number of amides is 1. The number of nitrogens with one attached hydrogen (secondary N) is 1. The van der Waals surface area contributed by atoms with Gasteiger partial charge in [-0.05, 0) is 31.5 Å². The second-order valence-corrected chi connectivity index (χ2v) is 5.77. The first-order valence-corrected chi connectivity index (χ1v) is 7.57. The Bertz CT molecular complexity index is 694. The lowest BCUT2D eigenvalue weighted by molar-refractivity contribution is -0.00179. The van der Waals surface area contributed by atoms with Crippen LogP contribution in [-0.2, 0) is 17.9 Å². The van der Waals surface area contributed by atoms with E-state index in [0.717, 1.165) is 11.3 Å². The normalized spacial score (nSPS) is 17.0. The van der Waals surface area contributed by atoms with Crippen molar-refractivity contribution in [2.75, 3.05) is 7.11 Å². The van der Waals surface area contributed by atoms with Crippen LogP contribution in [0, 0.1) is 0 Å². The van der Waals surface area contributed by atoms with Crippen LogP contribution >= 0.6 is 0 Å². The summed E-state index contributed by atoms with van der Waals surface area (Å²) in [4.78, 5) is 12.1. The van der Waals surface area contributed by atoms with Crippen LogP contribution in [0.2, 0.25) is 0 Å². The van der Waals surface area contributed by atoms with Gasteiger partial charge in [0.25, 0.3) is 5.91 Å². The Labute approximate surface area is 134 Å².